The lowest BCUT2D eigenvalue weighted by molar-refractivity contribution is -0.384. The molecule has 1 atom stereocenters. The Labute approximate surface area is 176 Å². The number of non-ortho nitro benzene ring substituents is 1. The van der Waals surface area contributed by atoms with Gasteiger partial charge in [-0.3, -0.25) is 24.6 Å². The highest BCUT2D eigenvalue weighted by molar-refractivity contribution is 6.10. The molecule has 2 aromatic rings. The standard InChI is InChI=1S/C21H19FN4O5/c1-21(14-6-5-12-3-2-4-13(12)9-14)19(28)25(20(29)24-21)11-18(27)23-17-10-15(26(30)31)7-8-16(17)22/h5-10H,2-4,11H2,1H3,(H,23,27)(H,24,29). The number of benzene rings is 2. The van der Waals surface area contributed by atoms with Gasteiger partial charge in [0.2, 0.25) is 5.91 Å². The first-order valence-electron chi connectivity index (χ1n) is 9.69. The van der Waals surface area contributed by atoms with Crippen LogP contribution in [0.2, 0.25) is 0 Å². The summed E-state index contributed by atoms with van der Waals surface area (Å²) in [6.45, 7) is 0.912. The monoisotopic (exact) mass is 426 g/mol. The fourth-order valence-electron chi connectivity index (χ4n) is 3.98. The van der Waals surface area contributed by atoms with Gasteiger partial charge in [-0.1, -0.05) is 18.2 Å². The van der Waals surface area contributed by atoms with Crippen molar-refractivity contribution in [3.8, 4) is 0 Å². The third-order valence-electron chi connectivity index (χ3n) is 5.69. The summed E-state index contributed by atoms with van der Waals surface area (Å²) in [5.41, 5.74) is 0.839. The molecule has 2 aromatic carbocycles. The molecule has 2 aliphatic rings. The van der Waals surface area contributed by atoms with Crippen LogP contribution >= 0.6 is 0 Å². The number of nitrogens with zero attached hydrogens (tertiary/aromatic N) is 2. The van der Waals surface area contributed by atoms with E-state index >= 15 is 0 Å². The van der Waals surface area contributed by atoms with Crippen LogP contribution in [0.3, 0.4) is 0 Å². The highest BCUT2D eigenvalue weighted by Crippen LogP contribution is 2.32. The largest absolute Gasteiger partial charge is 0.325 e. The van der Waals surface area contributed by atoms with E-state index in [-0.39, 0.29) is 0 Å². The maximum absolute atomic E-state index is 13.9. The Morgan fingerprint density at radius 3 is 2.71 bits per heavy atom. The van der Waals surface area contributed by atoms with E-state index in [1.54, 1.807) is 13.0 Å². The van der Waals surface area contributed by atoms with E-state index in [0.717, 1.165) is 47.9 Å². The molecule has 1 fully saturated rings. The second-order valence-electron chi connectivity index (χ2n) is 7.75. The van der Waals surface area contributed by atoms with Gasteiger partial charge in [0.1, 0.15) is 17.9 Å². The predicted molar refractivity (Wildman–Crippen MR) is 108 cm³/mol. The number of aryl methyl sites for hydroxylation is 2. The fourth-order valence-corrected chi connectivity index (χ4v) is 3.98. The Morgan fingerprint density at radius 1 is 1.23 bits per heavy atom. The molecule has 10 heteroatoms. The molecule has 9 nitrogen and oxygen atoms in total. The van der Waals surface area contributed by atoms with Crippen LogP contribution in [0.4, 0.5) is 20.6 Å². The predicted octanol–water partition coefficient (Wildman–Crippen LogP) is 2.63. The lowest BCUT2D eigenvalue weighted by Crippen LogP contribution is -2.42. The lowest BCUT2D eigenvalue weighted by Gasteiger charge is -2.23. The zero-order chi connectivity index (χ0) is 22.3. The molecule has 1 aliphatic carbocycles. The summed E-state index contributed by atoms with van der Waals surface area (Å²) < 4.78 is 13.9. The third-order valence-corrected chi connectivity index (χ3v) is 5.69. The van der Waals surface area contributed by atoms with Crippen molar-refractivity contribution in [1.82, 2.24) is 10.2 Å². The van der Waals surface area contributed by atoms with E-state index < -0.39 is 52.0 Å². The third kappa shape index (κ3) is 3.60. The summed E-state index contributed by atoms with van der Waals surface area (Å²) in [5, 5.41) is 15.7. The van der Waals surface area contributed by atoms with E-state index in [1.807, 2.05) is 12.1 Å². The molecule has 0 aromatic heterocycles. The van der Waals surface area contributed by atoms with E-state index in [9.17, 15) is 28.9 Å². The number of urea groups is 1. The van der Waals surface area contributed by atoms with Gasteiger partial charge in [-0.25, -0.2) is 9.18 Å². The molecule has 0 spiro atoms. The molecular weight excluding hydrogens is 407 g/mol. The summed E-state index contributed by atoms with van der Waals surface area (Å²) in [6.07, 6.45) is 2.92. The van der Waals surface area contributed by atoms with Gasteiger partial charge in [0.05, 0.1) is 10.6 Å². The summed E-state index contributed by atoms with van der Waals surface area (Å²) in [6, 6.07) is 7.59. The number of rotatable bonds is 5. The van der Waals surface area contributed by atoms with Crippen molar-refractivity contribution < 1.29 is 23.7 Å². The van der Waals surface area contributed by atoms with Crippen LogP contribution in [0.15, 0.2) is 36.4 Å². The molecule has 4 rings (SSSR count). The zero-order valence-electron chi connectivity index (χ0n) is 16.6. The smallest absolute Gasteiger partial charge is 0.322 e. The van der Waals surface area contributed by atoms with Crippen molar-refractivity contribution in [3.63, 3.8) is 0 Å². The average Bonchev–Trinajstić information content (AvgIpc) is 3.28. The number of nitro benzene ring substituents is 1. The molecule has 160 valence electrons. The molecule has 1 aliphatic heterocycles. The number of hydrogen-bond donors (Lipinski definition) is 2. The minimum Gasteiger partial charge on any atom is -0.322 e. The summed E-state index contributed by atoms with van der Waals surface area (Å²) in [7, 11) is 0. The number of nitrogens with one attached hydrogen (secondary N) is 2. The average molecular weight is 426 g/mol. The van der Waals surface area contributed by atoms with Crippen LogP contribution in [0.1, 0.15) is 30.0 Å². The van der Waals surface area contributed by atoms with Crippen LogP contribution in [-0.4, -0.2) is 34.2 Å². The Morgan fingerprint density at radius 2 is 1.97 bits per heavy atom. The van der Waals surface area contributed by atoms with E-state index in [4.69, 9.17) is 0 Å². The van der Waals surface area contributed by atoms with Crippen LogP contribution in [0, 0.1) is 15.9 Å². The number of halogens is 1. The second-order valence-corrected chi connectivity index (χ2v) is 7.75. The number of carbonyl (C=O) groups excluding carboxylic acids is 3. The number of carbonyl (C=O) groups is 3. The van der Waals surface area contributed by atoms with Crippen LogP contribution in [0.5, 0.6) is 0 Å². The number of anilines is 1. The van der Waals surface area contributed by atoms with Gasteiger partial charge < -0.3 is 10.6 Å². The SMILES string of the molecule is CC1(c2ccc3c(c2)CCC3)NC(=O)N(CC(=O)Nc2cc([N+](=O)[O-])ccc2F)C1=O. The lowest BCUT2D eigenvalue weighted by atomic mass is 9.89. The number of fused-ring (bicyclic) bond motifs is 1. The van der Waals surface area contributed by atoms with Crippen molar-refractivity contribution in [3.05, 3.63) is 69.0 Å². The Hall–Kier alpha value is -3.82. The van der Waals surface area contributed by atoms with Crippen LogP contribution in [0.25, 0.3) is 0 Å². The second kappa shape index (κ2) is 7.46. The zero-order valence-corrected chi connectivity index (χ0v) is 16.6. The first-order chi connectivity index (χ1) is 14.7. The molecule has 4 amide bonds. The Balaban J connectivity index is 1.51. The van der Waals surface area contributed by atoms with Crippen molar-refractivity contribution in [1.29, 1.82) is 0 Å². The van der Waals surface area contributed by atoms with E-state index in [0.29, 0.717) is 5.56 Å². The first-order valence-corrected chi connectivity index (χ1v) is 9.69. The van der Waals surface area contributed by atoms with Gasteiger partial charge in [-0.15, -0.1) is 0 Å². The molecule has 0 bridgehead atoms. The van der Waals surface area contributed by atoms with Crippen molar-refractivity contribution in [2.45, 2.75) is 31.7 Å². The van der Waals surface area contributed by atoms with Gasteiger partial charge in [-0.05, 0) is 48.9 Å². The summed E-state index contributed by atoms with van der Waals surface area (Å²) in [4.78, 5) is 48.7. The molecule has 0 radical (unpaired) electrons. The van der Waals surface area contributed by atoms with Crippen molar-refractivity contribution in [2.24, 2.45) is 0 Å². The molecule has 1 saturated heterocycles. The van der Waals surface area contributed by atoms with Gasteiger partial charge in [0.25, 0.3) is 11.6 Å². The molecule has 1 heterocycles. The van der Waals surface area contributed by atoms with Crippen molar-refractivity contribution in [2.75, 3.05) is 11.9 Å². The fraction of sp³-hybridized carbons (Fsp3) is 0.286. The van der Waals surface area contributed by atoms with Gasteiger partial charge in [0, 0.05) is 12.1 Å². The summed E-state index contributed by atoms with van der Waals surface area (Å²) in [5.74, 6) is -2.34. The maximum Gasteiger partial charge on any atom is 0.325 e. The molecule has 1 unspecified atom stereocenters. The molecule has 2 N–H and O–H groups in total. The van der Waals surface area contributed by atoms with E-state index in [1.165, 1.54) is 5.56 Å². The Kier molecular flexibility index (Phi) is 4.92. The number of nitro groups is 1. The number of amides is 4. The minimum absolute atomic E-state index is 0.407. The number of imide groups is 1. The molecule has 31 heavy (non-hydrogen) atoms. The summed E-state index contributed by atoms with van der Waals surface area (Å²) >= 11 is 0. The van der Waals surface area contributed by atoms with E-state index in [2.05, 4.69) is 10.6 Å². The number of hydrogen-bond acceptors (Lipinski definition) is 5. The Bertz CT molecular complexity index is 1130. The van der Waals surface area contributed by atoms with Crippen LogP contribution < -0.4 is 10.6 Å². The minimum atomic E-state index is -1.33. The van der Waals surface area contributed by atoms with Gasteiger partial charge in [0.15, 0.2) is 0 Å². The maximum atomic E-state index is 13.9. The van der Waals surface area contributed by atoms with Gasteiger partial charge >= 0.3 is 6.03 Å². The quantitative estimate of drug-likeness (QED) is 0.432. The first kappa shape index (κ1) is 20.5. The van der Waals surface area contributed by atoms with Crippen LogP contribution in [-0.2, 0) is 28.0 Å². The van der Waals surface area contributed by atoms with Gasteiger partial charge in [-0.2, -0.15) is 0 Å². The van der Waals surface area contributed by atoms with Crippen molar-refractivity contribution >= 4 is 29.2 Å². The molecule has 0 saturated carbocycles. The topological polar surface area (TPSA) is 122 Å². The highest BCUT2D eigenvalue weighted by Gasteiger charge is 2.49. The molecular formula is C21H19FN4O5. The normalized spacial score (nSPS) is 19.9. The highest BCUT2D eigenvalue weighted by atomic mass is 19.1.